The Labute approximate surface area is 133 Å². The summed E-state index contributed by atoms with van der Waals surface area (Å²) in [6.07, 6.45) is 5.32. The van der Waals surface area contributed by atoms with Crippen LogP contribution in [0.2, 0.25) is 0 Å². The Bertz CT molecular complexity index is 602. The van der Waals surface area contributed by atoms with E-state index in [9.17, 15) is 9.59 Å². The number of nitrogens with zero attached hydrogens (tertiary/aromatic N) is 2. The normalized spacial score (nSPS) is 30.5. The number of rotatable bonds is 2. The SMILES string of the molecule is O=C1CN(C(=O)Nc2nc(C3CC4CCC3C4)cs2)CCN1. The molecule has 4 rings (SSSR count). The van der Waals surface area contributed by atoms with Crippen LogP contribution in [-0.4, -0.2) is 41.5 Å². The molecule has 1 aliphatic heterocycles. The molecule has 1 aromatic heterocycles. The third kappa shape index (κ3) is 2.58. The van der Waals surface area contributed by atoms with Crippen LogP contribution >= 0.6 is 11.3 Å². The zero-order chi connectivity index (χ0) is 15.1. The van der Waals surface area contributed by atoms with Gasteiger partial charge in [-0.3, -0.25) is 10.1 Å². The summed E-state index contributed by atoms with van der Waals surface area (Å²) in [6.45, 7) is 1.18. The standard InChI is InChI=1S/C15H20N4O2S/c20-13-7-19(4-3-16-13)15(21)18-14-17-12(8-22-14)11-6-9-1-2-10(11)5-9/h8-11H,1-7H2,(H,16,20)(H,17,18,21). The fraction of sp³-hybridized carbons (Fsp3) is 0.667. The fourth-order valence-electron chi connectivity index (χ4n) is 4.10. The lowest BCUT2D eigenvalue weighted by Gasteiger charge is -2.26. The monoisotopic (exact) mass is 320 g/mol. The molecule has 7 heteroatoms. The molecule has 22 heavy (non-hydrogen) atoms. The van der Waals surface area contributed by atoms with Crippen LogP contribution in [-0.2, 0) is 4.79 Å². The van der Waals surface area contributed by atoms with E-state index in [1.165, 1.54) is 41.9 Å². The summed E-state index contributed by atoms with van der Waals surface area (Å²) in [6, 6.07) is -0.233. The molecule has 0 spiro atoms. The smallest absolute Gasteiger partial charge is 0.324 e. The Morgan fingerprint density at radius 2 is 2.32 bits per heavy atom. The van der Waals surface area contributed by atoms with Crippen LogP contribution in [0.3, 0.4) is 0 Å². The Morgan fingerprint density at radius 1 is 1.41 bits per heavy atom. The third-order valence-electron chi connectivity index (χ3n) is 5.18. The molecule has 6 nitrogen and oxygen atoms in total. The molecule has 2 heterocycles. The van der Waals surface area contributed by atoms with Crippen molar-refractivity contribution in [3.05, 3.63) is 11.1 Å². The van der Waals surface area contributed by atoms with Gasteiger partial charge in [-0.1, -0.05) is 6.42 Å². The number of amides is 3. The first-order chi connectivity index (χ1) is 10.7. The molecule has 3 amide bonds. The second-order valence-electron chi connectivity index (χ2n) is 6.56. The van der Waals surface area contributed by atoms with Crippen molar-refractivity contribution < 1.29 is 9.59 Å². The van der Waals surface area contributed by atoms with E-state index < -0.39 is 0 Å². The molecule has 2 N–H and O–H groups in total. The van der Waals surface area contributed by atoms with Crippen molar-refractivity contribution in [1.29, 1.82) is 0 Å². The summed E-state index contributed by atoms with van der Waals surface area (Å²) in [4.78, 5) is 29.7. The van der Waals surface area contributed by atoms with Crippen LogP contribution in [0, 0.1) is 11.8 Å². The number of thiazole rings is 1. The van der Waals surface area contributed by atoms with Crippen molar-refractivity contribution in [3.63, 3.8) is 0 Å². The van der Waals surface area contributed by atoms with E-state index in [0.29, 0.717) is 24.1 Å². The molecule has 0 aromatic carbocycles. The molecule has 3 atom stereocenters. The van der Waals surface area contributed by atoms with E-state index in [1.54, 1.807) is 0 Å². The van der Waals surface area contributed by atoms with Crippen molar-refractivity contribution in [1.82, 2.24) is 15.2 Å². The minimum Gasteiger partial charge on any atom is -0.353 e. The van der Waals surface area contributed by atoms with E-state index >= 15 is 0 Å². The van der Waals surface area contributed by atoms with Crippen LogP contribution in [0.15, 0.2) is 5.38 Å². The average Bonchev–Trinajstić information content (AvgIpc) is 3.23. The van der Waals surface area contributed by atoms with Crippen LogP contribution in [0.5, 0.6) is 0 Å². The van der Waals surface area contributed by atoms with Gasteiger partial charge in [0.05, 0.1) is 5.69 Å². The summed E-state index contributed by atoms with van der Waals surface area (Å²) in [5, 5.41) is 8.28. The van der Waals surface area contributed by atoms with Gasteiger partial charge in [-0.25, -0.2) is 9.78 Å². The van der Waals surface area contributed by atoms with Crippen molar-refractivity contribution >= 4 is 28.4 Å². The second-order valence-corrected chi connectivity index (χ2v) is 7.42. The van der Waals surface area contributed by atoms with Gasteiger partial charge in [0, 0.05) is 24.4 Å². The molecule has 2 bridgehead atoms. The number of carbonyl (C=O) groups is 2. The summed E-state index contributed by atoms with van der Waals surface area (Å²) in [5.41, 5.74) is 1.14. The van der Waals surface area contributed by atoms with Crippen molar-refractivity contribution in [2.45, 2.75) is 31.6 Å². The number of hydrogen-bond acceptors (Lipinski definition) is 4. The number of piperazine rings is 1. The molecule has 3 fully saturated rings. The zero-order valence-corrected chi connectivity index (χ0v) is 13.2. The van der Waals surface area contributed by atoms with Crippen LogP contribution in [0.4, 0.5) is 9.93 Å². The average molecular weight is 320 g/mol. The van der Waals surface area contributed by atoms with E-state index in [4.69, 9.17) is 0 Å². The Hall–Kier alpha value is -1.63. The highest BCUT2D eigenvalue weighted by Gasteiger charge is 2.41. The second kappa shape index (κ2) is 5.53. The number of urea groups is 1. The zero-order valence-electron chi connectivity index (χ0n) is 12.4. The van der Waals surface area contributed by atoms with Gasteiger partial charge in [0.1, 0.15) is 6.54 Å². The minimum absolute atomic E-state index is 0.108. The maximum Gasteiger partial charge on any atom is 0.324 e. The Balaban J connectivity index is 1.39. The Kier molecular flexibility index (Phi) is 3.52. The molecule has 2 aliphatic carbocycles. The molecular formula is C15H20N4O2S. The summed E-state index contributed by atoms with van der Waals surface area (Å²) < 4.78 is 0. The Morgan fingerprint density at radius 3 is 3.05 bits per heavy atom. The number of hydrogen-bond donors (Lipinski definition) is 2. The van der Waals surface area contributed by atoms with Crippen molar-refractivity contribution in [3.8, 4) is 0 Å². The molecule has 1 saturated heterocycles. The summed E-state index contributed by atoms with van der Waals surface area (Å²) in [7, 11) is 0. The third-order valence-corrected chi connectivity index (χ3v) is 5.96. The van der Waals surface area contributed by atoms with Gasteiger partial charge in [-0.2, -0.15) is 0 Å². The lowest BCUT2D eigenvalue weighted by molar-refractivity contribution is -0.123. The number of nitrogens with one attached hydrogen (secondary N) is 2. The highest BCUT2D eigenvalue weighted by Crippen LogP contribution is 2.52. The number of anilines is 1. The van der Waals surface area contributed by atoms with Crippen LogP contribution in [0.1, 0.15) is 37.3 Å². The van der Waals surface area contributed by atoms with Crippen LogP contribution < -0.4 is 10.6 Å². The van der Waals surface area contributed by atoms with E-state index in [1.807, 2.05) is 0 Å². The largest absolute Gasteiger partial charge is 0.353 e. The minimum atomic E-state index is -0.233. The quantitative estimate of drug-likeness (QED) is 0.875. The lowest BCUT2D eigenvalue weighted by Crippen LogP contribution is -2.51. The predicted molar refractivity (Wildman–Crippen MR) is 83.9 cm³/mol. The van der Waals surface area contributed by atoms with Gasteiger partial charge in [-0.15, -0.1) is 11.3 Å². The van der Waals surface area contributed by atoms with Gasteiger partial charge >= 0.3 is 6.03 Å². The number of aromatic nitrogens is 1. The molecule has 3 unspecified atom stereocenters. The van der Waals surface area contributed by atoms with Crippen LogP contribution in [0.25, 0.3) is 0 Å². The summed E-state index contributed by atoms with van der Waals surface area (Å²) >= 11 is 1.49. The first-order valence-electron chi connectivity index (χ1n) is 7.97. The maximum absolute atomic E-state index is 12.2. The molecule has 118 valence electrons. The van der Waals surface area contributed by atoms with Gasteiger partial charge < -0.3 is 10.2 Å². The molecule has 1 aromatic rings. The van der Waals surface area contributed by atoms with Gasteiger partial charge in [-0.05, 0) is 31.1 Å². The lowest BCUT2D eigenvalue weighted by atomic mass is 9.87. The summed E-state index contributed by atoms with van der Waals surface area (Å²) in [5.74, 6) is 2.16. The first-order valence-corrected chi connectivity index (χ1v) is 8.85. The van der Waals surface area contributed by atoms with Gasteiger partial charge in [0.25, 0.3) is 0 Å². The highest BCUT2D eigenvalue weighted by molar-refractivity contribution is 7.13. The number of carbonyl (C=O) groups excluding carboxylic acids is 2. The molecule has 0 radical (unpaired) electrons. The topological polar surface area (TPSA) is 74.3 Å². The van der Waals surface area contributed by atoms with Crippen molar-refractivity contribution in [2.24, 2.45) is 11.8 Å². The predicted octanol–water partition coefficient (Wildman–Crippen LogP) is 2.01. The van der Waals surface area contributed by atoms with Crippen molar-refractivity contribution in [2.75, 3.05) is 25.0 Å². The van der Waals surface area contributed by atoms with Gasteiger partial charge in [0.15, 0.2) is 5.13 Å². The molecular weight excluding hydrogens is 300 g/mol. The van der Waals surface area contributed by atoms with E-state index in [0.717, 1.165) is 17.5 Å². The maximum atomic E-state index is 12.2. The van der Waals surface area contributed by atoms with E-state index in [-0.39, 0.29) is 18.5 Å². The van der Waals surface area contributed by atoms with E-state index in [2.05, 4.69) is 21.0 Å². The molecule has 2 saturated carbocycles. The first kappa shape index (κ1) is 14.0. The van der Waals surface area contributed by atoms with Gasteiger partial charge in [0.2, 0.25) is 5.91 Å². The molecule has 3 aliphatic rings. The highest BCUT2D eigenvalue weighted by atomic mass is 32.1. The number of fused-ring (bicyclic) bond motifs is 2. The fourth-order valence-corrected chi connectivity index (χ4v) is 4.87.